The monoisotopic (exact) mass is 413 g/mol. The molecular weight excluding hydrogens is 390 g/mol. The molecular formula is C22H24ClN3OS. The van der Waals surface area contributed by atoms with Crippen LogP contribution in [0, 0.1) is 0 Å². The molecule has 0 spiro atoms. The fraction of sp³-hybridized carbons (Fsp3) is 0.364. The second kappa shape index (κ2) is 9.01. The number of benzene rings is 2. The van der Waals surface area contributed by atoms with Crippen molar-refractivity contribution >= 4 is 23.4 Å². The molecule has 1 aliphatic carbocycles. The lowest BCUT2D eigenvalue weighted by atomic mass is 10.2. The molecule has 0 bridgehead atoms. The van der Waals surface area contributed by atoms with Gasteiger partial charge in [0.25, 0.3) is 0 Å². The summed E-state index contributed by atoms with van der Waals surface area (Å²) in [5.74, 6) is 2.64. The van der Waals surface area contributed by atoms with E-state index in [1.165, 1.54) is 31.2 Å². The van der Waals surface area contributed by atoms with Crippen LogP contribution < -0.4 is 4.74 Å². The zero-order chi connectivity index (χ0) is 19.3. The first-order valence-corrected chi connectivity index (χ1v) is 11.2. The minimum Gasteiger partial charge on any atom is -0.490 e. The molecule has 0 unspecified atom stereocenters. The number of hydrogen-bond donors (Lipinski definition) is 0. The number of nitrogens with zero attached hydrogens (tertiary/aromatic N) is 3. The van der Waals surface area contributed by atoms with Crippen LogP contribution >= 0.6 is 23.4 Å². The molecule has 0 atom stereocenters. The number of halogens is 1. The molecule has 1 aliphatic rings. The molecule has 0 radical (unpaired) electrons. The quantitative estimate of drug-likeness (QED) is 0.430. The van der Waals surface area contributed by atoms with E-state index in [1.807, 2.05) is 30.3 Å². The molecule has 6 heteroatoms. The minimum absolute atomic E-state index is 0.375. The van der Waals surface area contributed by atoms with E-state index in [0.717, 1.165) is 39.6 Å². The molecule has 146 valence electrons. The Kier molecular flexibility index (Phi) is 6.23. The second-order valence-electron chi connectivity index (χ2n) is 7.02. The van der Waals surface area contributed by atoms with Gasteiger partial charge in [-0.1, -0.05) is 35.5 Å². The lowest BCUT2D eigenvalue weighted by molar-refractivity contribution is 0.210. The average molecular weight is 414 g/mol. The third-order valence-electron chi connectivity index (χ3n) is 5.01. The number of hydrogen-bond acceptors (Lipinski definition) is 4. The molecule has 4 rings (SSSR count). The van der Waals surface area contributed by atoms with Crippen LogP contribution in [0.4, 0.5) is 0 Å². The van der Waals surface area contributed by atoms with Crippen molar-refractivity contribution in [1.82, 2.24) is 14.8 Å². The summed E-state index contributed by atoms with van der Waals surface area (Å²) in [7, 11) is 0. The summed E-state index contributed by atoms with van der Waals surface area (Å²) >= 11 is 7.76. The number of rotatable bonds is 7. The molecule has 1 fully saturated rings. The van der Waals surface area contributed by atoms with Gasteiger partial charge >= 0.3 is 0 Å². The van der Waals surface area contributed by atoms with Gasteiger partial charge in [0.2, 0.25) is 0 Å². The average Bonchev–Trinajstić information content (AvgIpc) is 3.36. The molecule has 3 aromatic rings. The molecule has 2 aromatic carbocycles. The minimum atomic E-state index is 0.375. The van der Waals surface area contributed by atoms with E-state index in [9.17, 15) is 0 Å². The van der Waals surface area contributed by atoms with Crippen LogP contribution in [0.25, 0.3) is 11.4 Å². The molecule has 0 aliphatic heterocycles. The van der Waals surface area contributed by atoms with E-state index in [2.05, 4.69) is 39.9 Å². The summed E-state index contributed by atoms with van der Waals surface area (Å²) in [5, 5.41) is 10.5. The van der Waals surface area contributed by atoms with Gasteiger partial charge < -0.3 is 9.30 Å². The first kappa shape index (κ1) is 19.3. The van der Waals surface area contributed by atoms with Gasteiger partial charge in [0, 0.05) is 22.9 Å². The Morgan fingerprint density at radius 2 is 1.89 bits per heavy atom. The SMILES string of the molecule is CCn1c(SCc2cccc(Cl)c2)nnc1-c1ccc(OC2CCCC2)cc1. The highest BCUT2D eigenvalue weighted by Crippen LogP contribution is 2.29. The third-order valence-corrected chi connectivity index (χ3v) is 6.28. The standard InChI is InChI=1S/C22H24ClN3OS/c1-2-26-21(17-10-12-20(13-11-17)27-19-8-3-4-9-19)24-25-22(26)28-15-16-6-5-7-18(23)14-16/h5-7,10-14,19H,2-4,8-9,15H2,1H3. The van der Waals surface area contributed by atoms with Crippen molar-refractivity contribution in [3.8, 4) is 17.1 Å². The Bertz CT molecular complexity index is 920. The van der Waals surface area contributed by atoms with Gasteiger partial charge in [-0.3, -0.25) is 0 Å². The molecule has 0 saturated heterocycles. The number of thioether (sulfide) groups is 1. The van der Waals surface area contributed by atoms with Crippen LogP contribution in [0.15, 0.2) is 53.7 Å². The van der Waals surface area contributed by atoms with Crippen LogP contribution in [0.2, 0.25) is 5.02 Å². The molecule has 0 amide bonds. The van der Waals surface area contributed by atoms with Gasteiger partial charge in [0.05, 0.1) is 6.10 Å². The first-order valence-electron chi connectivity index (χ1n) is 9.80. The van der Waals surface area contributed by atoms with Crippen LogP contribution in [0.1, 0.15) is 38.2 Å². The van der Waals surface area contributed by atoms with E-state index in [-0.39, 0.29) is 0 Å². The van der Waals surface area contributed by atoms with E-state index in [4.69, 9.17) is 16.3 Å². The maximum absolute atomic E-state index is 6.08. The zero-order valence-electron chi connectivity index (χ0n) is 16.0. The largest absolute Gasteiger partial charge is 0.490 e. The predicted molar refractivity (Wildman–Crippen MR) is 115 cm³/mol. The highest BCUT2D eigenvalue weighted by molar-refractivity contribution is 7.98. The summed E-state index contributed by atoms with van der Waals surface area (Å²) in [6.07, 6.45) is 5.26. The summed E-state index contributed by atoms with van der Waals surface area (Å²) in [6.45, 7) is 2.94. The highest BCUT2D eigenvalue weighted by atomic mass is 35.5. The van der Waals surface area contributed by atoms with Crippen LogP contribution in [-0.4, -0.2) is 20.9 Å². The van der Waals surface area contributed by atoms with Crippen molar-refractivity contribution in [2.75, 3.05) is 0 Å². The van der Waals surface area contributed by atoms with Crippen LogP contribution in [0.5, 0.6) is 5.75 Å². The van der Waals surface area contributed by atoms with E-state index in [0.29, 0.717) is 6.10 Å². The van der Waals surface area contributed by atoms with Gasteiger partial charge in [0.1, 0.15) is 5.75 Å². The van der Waals surface area contributed by atoms with E-state index >= 15 is 0 Å². The fourth-order valence-corrected chi connectivity index (χ4v) is 4.71. The van der Waals surface area contributed by atoms with Crippen molar-refractivity contribution in [2.24, 2.45) is 0 Å². The maximum Gasteiger partial charge on any atom is 0.191 e. The third kappa shape index (κ3) is 4.53. The van der Waals surface area contributed by atoms with Crippen molar-refractivity contribution < 1.29 is 4.74 Å². The Balaban J connectivity index is 1.47. The molecule has 4 nitrogen and oxygen atoms in total. The second-order valence-corrected chi connectivity index (χ2v) is 8.40. The summed E-state index contributed by atoms with van der Waals surface area (Å²) in [6, 6.07) is 16.2. The Morgan fingerprint density at radius 3 is 2.61 bits per heavy atom. The van der Waals surface area contributed by atoms with Gasteiger partial charge in [0.15, 0.2) is 11.0 Å². The number of aromatic nitrogens is 3. The predicted octanol–water partition coefficient (Wildman–Crippen LogP) is 6.23. The van der Waals surface area contributed by atoms with Gasteiger partial charge in [-0.25, -0.2) is 0 Å². The summed E-state index contributed by atoms with van der Waals surface area (Å²) in [4.78, 5) is 0. The van der Waals surface area contributed by atoms with Crippen LogP contribution in [-0.2, 0) is 12.3 Å². The van der Waals surface area contributed by atoms with Gasteiger partial charge in [-0.2, -0.15) is 0 Å². The molecule has 1 heterocycles. The lowest BCUT2D eigenvalue weighted by Crippen LogP contribution is -2.10. The zero-order valence-corrected chi connectivity index (χ0v) is 17.5. The topological polar surface area (TPSA) is 39.9 Å². The van der Waals surface area contributed by atoms with Gasteiger partial charge in [-0.15, -0.1) is 10.2 Å². The van der Waals surface area contributed by atoms with Crippen molar-refractivity contribution in [2.45, 2.75) is 56.2 Å². The van der Waals surface area contributed by atoms with Crippen molar-refractivity contribution in [3.63, 3.8) is 0 Å². The highest BCUT2D eigenvalue weighted by Gasteiger charge is 2.17. The van der Waals surface area contributed by atoms with Crippen LogP contribution in [0.3, 0.4) is 0 Å². The van der Waals surface area contributed by atoms with Crippen molar-refractivity contribution in [3.05, 3.63) is 59.1 Å². The van der Waals surface area contributed by atoms with E-state index < -0.39 is 0 Å². The molecule has 1 aromatic heterocycles. The fourth-order valence-electron chi connectivity index (χ4n) is 3.55. The smallest absolute Gasteiger partial charge is 0.191 e. The Hall–Kier alpha value is -1.98. The molecule has 1 saturated carbocycles. The maximum atomic E-state index is 6.08. The summed E-state index contributed by atoms with van der Waals surface area (Å²) in [5.41, 5.74) is 2.24. The van der Waals surface area contributed by atoms with Crippen molar-refractivity contribution in [1.29, 1.82) is 0 Å². The van der Waals surface area contributed by atoms with E-state index in [1.54, 1.807) is 11.8 Å². The Labute approximate surface area is 175 Å². The lowest BCUT2D eigenvalue weighted by Gasteiger charge is -2.13. The molecule has 28 heavy (non-hydrogen) atoms. The molecule has 0 N–H and O–H groups in total. The number of ether oxygens (including phenoxy) is 1. The summed E-state index contributed by atoms with van der Waals surface area (Å²) < 4.78 is 8.22. The van der Waals surface area contributed by atoms with Gasteiger partial charge in [-0.05, 0) is 74.6 Å². The Morgan fingerprint density at radius 1 is 1.11 bits per heavy atom. The first-order chi connectivity index (χ1) is 13.7. The normalized spacial score (nSPS) is 14.5.